The number of aryl methyl sites for hydroxylation is 1. The Labute approximate surface area is 83.6 Å². The average Bonchev–Trinajstić information content (AvgIpc) is 2.62. The average molecular weight is 199 g/mol. The minimum absolute atomic E-state index is 0.327. The van der Waals surface area contributed by atoms with Crippen molar-refractivity contribution in [3.05, 3.63) is 10.0 Å². The molecular formula is C9H17N3S. The van der Waals surface area contributed by atoms with E-state index in [1.54, 1.807) is 11.3 Å². The molecule has 13 heavy (non-hydrogen) atoms. The van der Waals surface area contributed by atoms with Crippen molar-refractivity contribution in [2.24, 2.45) is 0 Å². The van der Waals surface area contributed by atoms with Crippen molar-refractivity contribution in [1.29, 1.82) is 0 Å². The first kappa shape index (κ1) is 10.6. The van der Waals surface area contributed by atoms with Crippen molar-refractivity contribution in [3.63, 3.8) is 0 Å². The molecule has 1 N–H and O–H groups in total. The maximum absolute atomic E-state index is 4.15. The molecule has 4 heteroatoms. The third-order valence-electron chi connectivity index (χ3n) is 2.03. The minimum atomic E-state index is 0.327. The second-order valence-electron chi connectivity index (χ2n) is 3.15. The second-order valence-corrected chi connectivity index (χ2v) is 4.24. The van der Waals surface area contributed by atoms with E-state index in [0.29, 0.717) is 6.04 Å². The van der Waals surface area contributed by atoms with Crippen LogP contribution < -0.4 is 5.32 Å². The molecule has 1 rings (SSSR count). The third kappa shape index (κ3) is 3.04. The molecule has 0 fully saturated rings. The summed E-state index contributed by atoms with van der Waals surface area (Å²) in [6.07, 6.45) is 3.50. The normalized spacial score (nSPS) is 13.2. The summed E-state index contributed by atoms with van der Waals surface area (Å²) >= 11 is 1.72. The van der Waals surface area contributed by atoms with Crippen LogP contribution in [0.5, 0.6) is 0 Å². The summed E-state index contributed by atoms with van der Waals surface area (Å²) in [7, 11) is 1.94. The predicted molar refractivity (Wildman–Crippen MR) is 56.0 cm³/mol. The van der Waals surface area contributed by atoms with Crippen molar-refractivity contribution in [1.82, 2.24) is 15.5 Å². The molecule has 1 aromatic heterocycles. The van der Waals surface area contributed by atoms with Gasteiger partial charge in [0, 0.05) is 6.42 Å². The third-order valence-corrected chi connectivity index (χ3v) is 3.20. The van der Waals surface area contributed by atoms with Gasteiger partial charge >= 0.3 is 0 Å². The largest absolute Gasteiger partial charge is 0.311 e. The fourth-order valence-corrected chi connectivity index (χ4v) is 1.94. The summed E-state index contributed by atoms with van der Waals surface area (Å²) < 4.78 is 0. The zero-order valence-corrected chi connectivity index (χ0v) is 9.32. The van der Waals surface area contributed by atoms with Gasteiger partial charge in [0.05, 0.1) is 6.04 Å². The summed E-state index contributed by atoms with van der Waals surface area (Å²) in [6, 6.07) is 0.327. The van der Waals surface area contributed by atoms with Gasteiger partial charge in [-0.15, -0.1) is 10.2 Å². The number of aromatic nitrogens is 2. The molecule has 1 heterocycles. The molecule has 0 aliphatic rings. The van der Waals surface area contributed by atoms with Crippen LogP contribution in [-0.2, 0) is 6.42 Å². The van der Waals surface area contributed by atoms with E-state index in [9.17, 15) is 0 Å². The summed E-state index contributed by atoms with van der Waals surface area (Å²) in [5.74, 6) is 0. The summed E-state index contributed by atoms with van der Waals surface area (Å²) in [6.45, 7) is 4.29. The molecule has 74 valence electrons. The fourth-order valence-electron chi connectivity index (χ4n) is 0.994. The zero-order chi connectivity index (χ0) is 9.68. The highest BCUT2D eigenvalue weighted by molar-refractivity contribution is 7.11. The molecule has 0 saturated carbocycles. The predicted octanol–water partition coefficient (Wildman–Crippen LogP) is 2.16. The lowest BCUT2D eigenvalue weighted by atomic mass is 10.3. The van der Waals surface area contributed by atoms with Crippen LogP contribution in [-0.4, -0.2) is 17.2 Å². The van der Waals surface area contributed by atoms with Crippen LogP contribution in [0.25, 0.3) is 0 Å². The van der Waals surface area contributed by atoms with E-state index in [2.05, 4.69) is 29.4 Å². The number of hydrogen-bond donors (Lipinski definition) is 1. The molecule has 0 spiro atoms. The Balaban J connectivity index is 2.53. The van der Waals surface area contributed by atoms with E-state index in [1.807, 2.05) is 7.05 Å². The standard InChI is InChI=1S/C9H17N3S/c1-4-5-6-8-11-12-9(13-8)7(2)10-3/h7,10H,4-6H2,1-3H3. The molecule has 0 aliphatic carbocycles. The minimum Gasteiger partial charge on any atom is -0.311 e. The van der Waals surface area contributed by atoms with Crippen LogP contribution in [0.4, 0.5) is 0 Å². The first-order chi connectivity index (χ1) is 6.27. The van der Waals surface area contributed by atoms with Gasteiger partial charge in [-0.3, -0.25) is 0 Å². The number of rotatable bonds is 5. The lowest BCUT2D eigenvalue weighted by Gasteiger charge is -2.02. The molecule has 0 bridgehead atoms. The lowest BCUT2D eigenvalue weighted by Crippen LogP contribution is -2.11. The number of unbranched alkanes of at least 4 members (excludes halogenated alkanes) is 1. The quantitative estimate of drug-likeness (QED) is 0.789. The number of nitrogens with zero attached hydrogens (tertiary/aromatic N) is 2. The van der Waals surface area contributed by atoms with Crippen LogP contribution in [0.15, 0.2) is 0 Å². The molecule has 0 amide bonds. The fraction of sp³-hybridized carbons (Fsp3) is 0.778. The second kappa shape index (κ2) is 5.29. The van der Waals surface area contributed by atoms with Gasteiger partial charge in [0.25, 0.3) is 0 Å². The van der Waals surface area contributed by atoms with Crippen molar-refractivity contribution in [2.45, 2.75) is 39.2 Å². The Hall–Kier alpha value is -0.480. The van der Waals surface area contributed by atoms with Crippen LogP contribution in [0, 0.1) is 0 Å². The molecule has 0 aliphatic heterocycles. The van der Waals surface area contributed by atoms with Crippen LogP contribution >= 0.6 is 11.3 Å². The molecular weight excluding hydrogens is 182 g/mol. The molecule has 1 unspecified atom stereocenters. The Morgan fingerprint density at radius 3 is 2.85 bits per heavy atom. The van der Waals surface area contributed by atoms with Crippen LogP contribution in [0.3, 0.4) is 0 Å². The highest BCUT2D eigenvalue weighted by Gasteiger charge is 2.08. The molecule has 1 atom stereocenters. The Bertz CT molecular complexity index is 247. The summed E-state index contributed by atoms with van der Waals surface area (Å²) in [4.78, 5) is 0. The van der Waals surface area contributed by atoms with E-state index in [1.165, 1.54) is 17.8 Å². The van der Waals surface area contributed by atoms with E-state index in [-0.39, 0.29) is 0 Å². The van der Waals surface area contributed by atoms with Gasteiger partial charge in [-0.1, -0.05) is 24.7 Å². The highest BCUT2D eigenvalue weighted by atomic mass is 32.1. The van der Waals surface area contributed by atoms with E-state index in [0.717, 1.165) is 11.4 Å². The molecule has 0 saturated heterocycles. The Morgan fingerprint density at radius 2 is 2.23 bits per heavy atom. The van der Waals surface area contributed by atoms with E-state index in [4.69, 9.17) is 0 Å². The van der Waals surface area contributed by atoms with Crippen molar-refractivity contribution in [2.75, 3.05) is 7.05 Å². The number of nitrogens with one attached hydrogen (secondary N) is 1. The van der Waals surface area contributed by atoms with Crippen LogP contribution in [0.2, 0.25) is 0 Å². The first-order valence-electron chi connectivity index (χ1n) is 4.77. The maximum Gasteiger partial charge on any atom is 0.134 e. The zero-order valence-electron chi connectivity index (χ0n) is 8.50. The molecule has 3 nitrogen and oxygen atoms in total. The summed E-state index contributed by atoms with van der Waals surface area (Å²) in [5.41, 5.74) is 0. The van der Waals surface area contributed by atoms with Crippen LogP contribution in [0.1, 0.15) is 42.7 Å². The first-order valence-corrected chi connectivity index (χ1v) is 5.59. The van der Waals surface area contributed by atoms with Gasteiger partial charge in [0.1, 0.15) is 10.0 Å². The lowest BCUT2D eigenvalue weighted by molar-refractivity contribution is 0.639. The van der Waals surface area contributed by atoms with Gasteiger partial charge in [-0.2, -0.15) is 0 Å². The van der Waals surface area contributed by atoms with E-state index >= 15 is 0 Å². The van der Waals surface area contributed by atoms with Gasteiger partial charge in [0.2, 0.25) is 0 Å². The highest BCUT2D eigenvalue weighted by Crippen LogP contribution is 2.18. The molecule has 0 radical (unpaired) electrons. The Kier molecular flexibility index (Phi) is 4.32. The SMILES string of the molecule is CCCCc1nnc(C(C)NC)s1. The van der Waals surface area contributed by atoms with Gasteiger partial charge < -0.3 is 5.32 Å². The molecule has 0 aromatic carbocycles. The van der Waals surface area contributed by atoms with Gasteiger partial charge in [-0.25, -0.2) is 0 Å². The number of hydrogen-bond acceptors (Lipinski definition) is 4. The topological polar surface area (TPSA) is 37.8 Å². The van der Waals surface area contributed by atoms with Gasteiger partial charge in [-0.05, 0) is 20.4 Å². The smallest absolute Gasteiger partial charge is 0.134 e. The van der Waals surface area contributed by atoms with Gasteiger partial charge in [0.15, 0.2) is 0 Å². The Morgan fingerprint density at radius 1 is 1.46 bits per heavy atom. The van der Waals surface area contributed by atoms with Crippen molar-refractivity contribution >= 4 is 11.3 Å². The molecule has 1 aromatic rings. The monoisotopic (exact) mass is 199 g/mol. The summed E-state index contributed by atoms with van der Waals surface area (Å²) in [5, 5.41) is 13.7. The van der Waals surface area contributed by atoms with E-state index < -0.39 is 0 Å². The van der Waals surface area contributed by atoms with Crippen molar-refractivity contribution < 1.29 is 0 Å². The maximum atomic E-state index is 4.15. The van der Waals surface area contributed by atoms with Crippen molar-refractivity contribution in [3.8, 4) is 0 Å².